The van der Waals surface area contributed by atoms with Crippen LogP contribution in [0.5, 0.6) is 0 Å². The summed E-state index contributed by atoms with van der Waals surface area (Å²) in [4.78, 5) is 0. The van der Waals surface area contributed by atoms with Crippen molar-refractivity contribution in [3.63, 3.8) is 0 Å². The van der Waals surface area contributed by atoms with Crippen molar-refractivity contribution in [3.05, 3.63) is 0 Å². The van der Waals surface area contributed by atoms with Gasteiger partial charge in [-0.05, 0) is 55.4 Å². The molecule has 0 aliphatic carbocycles. The van der Waals surface area contributed by atoms with E-state index in [9.17, 15) is 0 Å². The zero-order chi connectivity index (χ0) is 13.6. The molecule has 0 fully saturated rings. The Morgan fingerprint density at radius 2 is 1.06 bits per heavy atom. The molecule has 0 radical (unpaired) electrons. The highest BCUT2D eigenvalue weighted by Gasteiger charge is 1.94. The van der Waals surface area contributed by atoms with Crippen molar-refractivity contribution in [2.24, 2.45) is 0 Å². The molecule has 0 saturated carbocycles. The standard InChI is InChI=1S/C6H14O.C4H10O.C3H8O/c1-5(2)7-6(3)4;1-3-5-4-2;1-3(2)4/h5-6H,1-4H3;3-4H2,1-2H3;3-4H,1-2H3. The number of ether oxygens (including phenoxy) is 2. The summed E-state index contributed by atoms with van der Waals surface area (Å²) in [5.74, 6) is 0. The summed E-state index contributed by atoms with van der Waals surface area (Å²) in [6, 6.07) is 0. The lowest BCUT2D eigenvalue weighted by molar-refractivity contribution is 0.0300. The van der Waals surface area contributed by atoms with Gasteiger partial charge in [-0.25, -0.2) is 0 Å². The zero-order valence-electron chi connectivity index (χ0n) is 12.4. The van der Waals surface area contributed by atoms with E-state index in [2.05, 4.69) is 0 Å². The second-order valence-corrected chi connectivity index (χ2v) is 4.11. The number of rotatable bonds is 4. The average molecular weight is 236 g/mol. The molecule has 102 valence electrons. The Labute approximate surface area is 102 Å². The van der Waals surface area contributed by atoms with Gasteiger partial charge >= 0.3 is 0 Å². The van der Waals surface area contributed by atoms with E-state index in [0.717, 1.165) is 13.2 Å². The molecule has 0 amide bonds. The molecule has 0 aliphatic heterocycles. The normalized spacial score (nSPS) is 9.75. The minimum Gasteiger partial charge on any atom is -0.394 e. The van der Waals surface area contributed by atoms with Gasteiger partial charge in [0, 0.05) is 19.3 Å². The number of hydrogen-bond donors (Lipinski definition) is 1. The van der Waals surface area contributed by atoms with E-state index in [1.807, 2.05) is 41.5 Å². The van der Waals surface area contributed by atoms with E-state index < -0.39 is 0 Å². The van der Waals surface area contributed by atoms with Gasteiger partial charge in [0.1, 0.15) is 0 Å². The predicted octanol–water partition coefficient (Wildman–Crippen LogP) is 3.25. The van der Waals surface area contributed by atoms with Crippen molar-refractivity contribution >= 4 is 0 Å². The summed E-state index contributed by atoms with van der Waals surface area (Å²) >= 11 is 0. The van der Waals surface area contributed by atoms with Crippen molar-refractivity contribution in [1.82, 2.24) is 0 Å². The van der Waals surface area contributed by atoms with Crippen LogP contribution in [0.4, 0.5) is 0 Å². The van der Waals surface area contributed by atoms with E-state index in [1.54, 1.807) is 13.8 Å². The maximum atomic E-state index is 8.06. The van der Waals surface area contributed by atoms with Crippen molar-refractivity contribution < 1.29 is 14.6 Å². The second kappa shape index (κ2) is 17.3. The molecule has 16 heavy (non-hydrogen) atoms. The lowest BCUT2D eigenvalue weighted by atomic mass is 10.4. The van der Waals surface area contributed by atoms with Crippen LogP contribution in [0.3, 0.4) is 0 Å². The molecule has 0 heterocycles. The Hall–Kier alpha value is -0.120. The quantitative estimate of drug-likeness (QED) is 0.814. The third kappa shape index (κ3) is 66.6. The maximum absolute atomic E-state index is 8.06. The molecule has 0 unspecified atom stereocenters. The molecule has 0 aromatic rings. The SMILES string of the molecule is CC(C)O.CC(C)OC(C)C.CCOCC. The van der Waals surface area contributed by atoms with E-state index >= 15 is 0 Å². The van der Waals surface area contributed by atoms with Gasteiger partial charge in [-0.3, -0.25) is 0 Å². The van der Waals surface area contributed by atoms with Gasteiger partial charge in [0.15, 0.2) is 0 Å². The smallest absolute Gasteiger partial charge is 0.0522 e. The Morgan fingerprint density at radius 1 is 0.812 bits per heavy atom. The Bertz CT molecular complexity index is 90.6. The highest BCUT2D eigenvalue weighted by atomic mass is 16.5. The molecular formula is C13H32O3. The monoisotopic (exact) mass is 236 g/mol. The summed E-state index contributed by atoms with van der Waals surface area (Å²) in [5.41, 5.74) is 0. The van der Waals surface area contributed by atoms with Crippen LogP contribution in [0.1, 0.15) is 55.4 Å². The highest BCUT2D eigenvalue weighted by Crippen LogP contribution is 1.93. The number of hydrogen-bond acceptors (Lipinski definition) is 3. The average Bonchev–Trinajstić information content (AvgIpc) is 2.02. The topological polar surface area (TPSA) is 38.7 Å². The molecule has 3 nitrogen and oxygen atoms in total. The molecule has 0 spiro atoms. The van der Waals surface area contributed by atoms with E-state index in [4.69, 9.17) is 14.6 Å². The minimum atomic E-state index is -0.167. The van der Waals surface area contributed by atoms with Crippen LogP contribution in [0, 0.1) is 0 Å². The Kier molecular flexibility index (Phi) is 22.9. The van der Waals surface area contributed by atoms with Crippen LogP contribution in [0.25, 0.3) is 0 Å². The highest BCUT2D eigenvalue weighted by molar-refractivity contribution is 4.40. The van der Waals surface area contributed by atoms with Crippen LogP contribution in [-0.4, -0.2) is 36.6 Å². The third-order valence-electron chi connectivity index (χ3n) is 0.953. The zero-order valence-corrected chi connectivity index (χ0v) is 12.4. The van der Waals surface area contributed by atoms with Crippen molar-refractivity contribution in [2.75, 3.05) is 13.2 Å². The molecule has 0 rings (SSSR count). The van der Waals surface area contributed by atoms with Crippen LogP contribution in [0.15, 0.2) is 0 Å². The summed E-state index contributed by atoms with van der Waals surface area (Å²) < 4.78 is 10.1. The predicted molar refractivity (Wildman–Crippen MR) is 70.9 cm³/mol. The number of aliphatic hydroxyl groups excluding tert-OH is 1. The lowest BCUT2D eigenvalue weighted by Crippen LogP contribution is -2.09. The molecule has 1 N–H and O–H groups in total. The molecule has 0 aromatic carbocycles. The van der Waals surface area contributed by atoms with Crippen LogP contribution < -0.4 is 0 Å². The van der Waals surface area contributed by atoms with Crippen LogP contribution >= 0.6 is 0 Å². The van der Waals surface area contributed by atoms with Crippen LogP contribution in [0.2, 0.25) is 0 Å². The largest absolute Gasteiger partial charge is 0.394 e. The van der Waals surface area contributed by atoms with Gasteiger partial charge in [0.25, 0.3) is 0 Å². The first-order valence-electron chi connectivity index (χ1n) is 6.19. The molecule has 0 aromatic heterocycles. The molecule has 3 heteroatoms. The van der Waals surface area contributed by atoms with Crippen molar-refractivity contribution in [2.45, 2.75) is 73.7 Å². The Balaban J connectivity index is -0.000000166. The fraction of sp³-hybridized carbons (Fsp3) is 1.00. The molecular weight excluding hydrogens is 204 g/mol. The second-order valence-electron chi connectivity index (χ2n) is 4.11. The van der Waals surface area contributed by atoms with Gasteiger partial charge in [-0.1, -0.05) is 0 Å². The molecule has 0 atom stereocenters. The maximum Gasteiger partial charge on any atom is 0.0522 e. The van der Waals surface area contributed by atoms with Gasteiger partial charge < -0.3 is 14.6 Å². The van der Waals surface area contributed by atoms with Crippen molar-refractivity contribution in [3.8, 4) is 0 Å². The van der Waals surface area contributed by atoms with Gasteiger partial charge in [0.2, 0.25) is 0 Å². The summed E-state index contributed by atoms with van der Waals surface area (Å²) in [6.45, 7) is 17.3. The van der Waals surface area contributed by atoms with Crippen molar-refractivity contribution in [1.29, 1.82) is 0 Å². The molecule has 0 aliphatic rings. The molecule has 0 bridgehead atoms. The van der Waals surface area contributed by atoms with Gasteiger partial charge in [-0.2, -0.15) is 0 Å². The third-order valence-corrected chi connectivity index (χ3v) is 0.953. The van der Waals surface area contributed by atoms with E-state index in [0.29, 0.717) is 12.2 Å². The summed E-state index contributed by atoms with van der Waals surface area (Å²) in [7, 11) is 0. The first-order chi connectivity index (χ1) is 7.27. The Morgan fingerprint density at radius 3 is 1.06 bits per heavy atom. The first kappa shape index (κ1) is 21.2. The lowest BCUT2D eigenvalue weighted by Gasteiger charge is -2.09. The summed E-state index contributed by atoms with van der Waals surface area (Å²) in [5, 5.41) is 8.06. The van der Waals surface area contributed by atoms with Gasteiger partial charge in [-0.15, -0.1) is 0 Å². The van der Waals surface area contributed by atoms with E-state index in [-0.39, 0.29) is 6.10 Å². The van der Waals surface area contributed by atoms with E-state index in [1.165, 1.54) is 0 Å². The molecule has 0 saturated heterocycles. The first-order valence-corrected chi connectivity index (χ1v) is 6.19. The van der Waals surface area contributed by atoms with Gasteiger partial charge in [0.05, 0.1) is 12.2 Å². The minimum absolute atomic E-state index is 0.167. The fourth-order valence-corrected chi connectivity index (χ4v) is 0.748. The number of aliphatic hydroxyl groups is 1. The fourth-order valence-electron chi connectivity index (χ4n) is 0.748. The van der Waals surface area contributed by atoms with Crippen LogP contribution in [-0.2, 0) is 9.47 Å². The summed E-state index contributed by atoms with van der Waals surface area (Å²) in [6.07, 6.45) is 0.583.